The van der Waals surface area contributed by atoms with E-state index < -0.39 is 10.0 Å². The molecule has 1 aromatic carbocycles. The molecule has 1 amide bonds. The normalized spacial score (nSPS) is 21.5. The number of sulfonamides is 1. The Kier molecular flexibility index (Phi) is 5.85. The Morgan fingerprint density at radius 2 is 1.84 bits per heavy atom. The third kappa shape index (κ3) is 4.16. The van der Waals surface area contributed by atoms with Gasteiger partial charge in [0.25, 0.3) is 10.0 Å². The molecule has 2 aliphatic heterocycles. The van der Waals surface area contributed by atoms with Gasteiger partial charge in [-0.1, -0.05) is 18.2 Å². The molecule has 0 N–H and O–H groups in total. The van der Waals surface area contributed by atoms with Crippen LogP contribution >= 0.6 is 22.7 Å². The predicted molar refractivity (Wildman–Crippen MR) is 124 cm³/mol. The number of para-hydroxylation sites is 1. The van der Waals surface area contributed by atoms with Crippen LogP contribution in [0.1, 0.15) is 36.6 Å². The highest BCUT2D eigenvalue weighted by Gasteiger charge is 2.36. The summed E-state index contributed by atoms with van der Waals surface area (Å²) in [6.45, 7) is 2.21. The van der Waals surface area contributed by atoms with Crippen molar-refractivity contribution in [2.24, 2.45) is 5.92 Å². The molecule has 3 aromatic rings. The van der Waals surface area contributed by atoms with Gasteiger partial charge in [0.15, 0.2) is 0 Å². The van der Waals surface area contributed by atoms with Crippen LogP contribution in [0.25, 0.3) is 10.2 Å². The Morgan fingerprint density at radius 1 is 1.03 bits per heavy atom. The van der Waals surface area contributed by atoms with Crippen LogP contribution in [0.3, 0.4) is 0 Å². The van der Waals surface area contributed by atoms with Crippen molar-refractivity contribution in [3.05, 3.63) is 46.8 Å². The first-order chi connectivity index (χ1) is 15.0. The van der Waals surface area contributed by atoms with Gasteiger partial charge in [0.05, 0.1) is 21.1 Å². The summed E-state index contributed by atoms with van der Waals surface area (Å²) in [5.41, 5.74) is 1.05. The number of carbonyl (C=O) groups excluding carboxylic acids is 1. The van der Waals surface area contributed by atoms with E-state index in [-0.39, 0.29) is 18.4 Å². The van der Waals surface area contributed by atoms with Gasteiger partial charge in [-0.15, -0.1) is 22.7 Å². The van der Waals surface area contributed by atoms with Crippen LogP contribution < -0.4 is 0 Å². The van der Waals surface area contributed by atoms with Gasteiger partial charge in [-0.05, 0) is 49.3 Å². The van der Waals surface area contributed by atoms with E-state index in [4.69, 9.17) is 4.98 Å². The van der Waals surface area contributed by atoms with Crippen LogP contribution in [0, 0.1) is 5.92 Å². The molecule has 2 fully saturated rings. The van der Waals surface area contributed by atoms with E-state index in [1.54, 1.807) is 28.8 Å². The van der Waals surface area contributed by atoms with Crippen molar-refractivity contribution in [3.63, 3.8) is 0 Å². The van der Waals surface area contributed by atoms with Crippen LogP contribution in [0.5, 0.6) is 0 Å². The van der Waals surface area contributed by atoms with E-state index in [0.29, 0.717) is 29.8 Å². The van der Waals surface area contributed by atoms with Crippen molar-refractivity contribution in [3.8, 4) is 0 Å². The van der Waals surface area contributed by atoms with E-state index in [1.165, 1.54) is 25.3 Å². The second kappa shape index (κ2) is 8.61. The van der Waals surface area contributed by atoms with Gasteiger partial charge in [-0.25, -0.2) is 13.4 Å². The van der Waals surface area contributed by atoms with E-state index in [1.807, 2.05) is 23.1 Å². The highest BCUT2D eigenvalue weighted by Crippen LogP contribution is 2.35. The molecule has 4 heterocycles. The van der Waals surface area contributed by atoms with Crippen molar-refractivity contribution in [1.82, 2.24) is 14.2 Å². The van der Waals surface area contributed by atoms with Crippen molar-refractivity contribution >= 4 is 48.8 Å². The van der Waals surface area contributed by atoms with Crippen molar-refractivity contribution in [1.29, 1.82) is 0 Å². The van der Waals surface area contributed by atoms with Gasteiger partial charge in [-0.3, -0.25) is 4.79 Å². The summed E-state index contributed by atoms with van der Waals surface area (Å²) in [5, 5.41) is 2.94. The first-order valence-electron chi connectivity index (χ1n) is 10.7. The van der Waals surface area contributed by atoms with E-state index in [0.717, 1.165) is 31.2 Å². The van der Waals surface area contributed by atoms with Crippen molar-refractivity contribution in [2.45, 2.75) is 35.8 Å². The number of amides is 1. The monoisotopic (exact) mass is 475 g/mol. The first-order valence-corrected chi connectivity index (χ1v) is 13.8. The molecule has 0 radical (unpaired) electrons. The van der Waals surface area contributed by atoms with Gasteiger partial charge in [-0.2, -0.15) is 4.31 Å². The number of aromatic nitrogens is 1. The number of thiazole rings is 1. The highest BCUT2D eigenvalue weighted by atomic mass is 32.2. The molecule has 2 aliphatic rings. The average molecular weight is 476 g/mol. The second-order valence-corrected chi connectivity index (χ2v) is 12.4. The van der Waals surface area contributed by atoms with Crippen LogP contribution in [0.4, 0.5) is 0 Å². The molecule has 0 aliphatic carbocycles. The molecular formula is C22H25N3O3S3. The molecule has 0 unspecified atom stereocenters. The fourth-order valence-corrected chi connectivity index (χ4v) is 8.37. The molecule has 6 nitrogen and oxygen atoms in total. The lowest BCUT2D eigenvalue weighted by Gasteiger charge is -2.37. The van der Waals surface area contributed by atoms with Crippen molar-refractivity contribution in [2.75, 3.05) is 26.2 Å². The van der Waals surface area contributed by atoms with E-state index >= 15 is 0 Å². The minimum atomic E-state index is -3.50. The maximum Gasteiger partial charge on any atom is 0.252 e. The summed E-state index contributed by atoms with van der Waals surface area (Å²) < 4.78 is 28.8. The summed E-state index contributed by atoms with van der Waals surface area (Å²) in [4.78, 5) is 19.9. The van der Waals surface area contributed by atoms with Gasteiger partial charge in [0, 0.05) is 32.1 Å². The number of thiophene rings is 1. The van der Waals surface area contributed by atoms with E-state index in [9.17, 15) is 13.2 Å². The third-order valence-electron chi connectivity index (χ3n) is 6.29. The quantitative estimate of drug-likeness (QED) is 0.568. The Balaban J connectivity index is 1.22. The first kappa shape index (κ1) is 21.1. The minimum Gasteiger partial charge on any atom is -0.342 e. The Hall–Kier alpha value is -1.81. The fraction of sp³-hybridized carbons (Fsp3) is 0.455. The average Bonchev–Trinajstić information content (AvgIpc) is 3.49. The zero-order valence-electron chi connectivity index (χ0n) is 17.1. The summed E-state index contributed by atoms with van der Waals surface area (Å²) >= 11 is 2.99. The molecule has 0 spiro atoms. The Bertz CT molecular complexity index is 1130. The number of likely N-dealkylation sites (tertiary alicyclic amines) is 1. The van der Waals surface area contributed by atoms with Crippen LogP contribution in [0.15, 0.2) is 46.0 Å². The SMILES string of the molecule is O=C([C@@H]1CCCN(S(=O)(=O)c2cccs2)C1)N1CCC(c2nc3ccccc3s2)CC1. The van der Waals surface area contributed by atoms with Gasteiger partial charge in [0.1, 0.15) is 4.21 Å². The summed E-state index contributed by atoms with van der Waals surface area (Å²) in [7, 11) is -3.50. The number of carbonyl (C=O) groups is 1. The molecule has 164 valence electrons. The molecular weight excluding hydrogens is 450 g/mol. The highest BCUT2D eigenvalue weighted by molar-refractivity contribution is 7.91. The standard InChI is InChI=1S/C22H25N3O3S3/c26-22(17-5-3-11-25(15-17)31(27,28)20-8-4-14-29-20)24-12-9-16(10-13-24)21-23-18-6-1-2-7-19(18)30-21/h1-2,4,6-8,14,16-17H,3,5,9-13,15H2/t17-/m1/s1. The number of rotatable bonds is 4. The number of piperidine rings is 2. The fourth-order valence-electron chi connectivity index (χ4n) is 4.57. The molecule has 31 heavy (non-hydrogen) atoms. The lowest BCUT2D eigenvalue weighted by molar-refractivity contribution is -0.137. The Labute approximate surface area is 190 Å². The molecule has 2 saturated heterocycles. The molecule has 0 saturated carbocycles. The zero-order chi connectivity index (χ0) is 21.4. The summed E-state index contributed by atoms with van der Waals surface area (Å²) in [5.74, 6) is 0.250. The molecule has 1 atom stereocenters. The summed E-state index contributed by atoms with van der Waals surface area (Å²) in [6.07, 6.45) is 3.31. The minimum absolute atomic E-state index is 0.105. The predicted octanol–water partition coefficient (Wildman–Crippen LogP) is 4.16. The van der Waals surface area contributed by atoms with E-state index in [2.05, 4.69) is 6.07 Å². The lowest BCUT2D eigenvalue weighted by Crippen LogP contribution is -2.48. The number of benzene rings is 1. The van der Waals surface area contributed by atoms with Crippen LogP contribution in [0.2, 0.25) is 0 Å². The Morgan fingerprint density at radius 3 is 2.58 bits per heavy atom. The third-order valence-corrected chi connectivity index (χ3v) is 10.7. The maximum absolute atomic E-state index is 13.2. The molecule has 5 rings (SSSR count). The number of fused-ring (bicyclic) bond motifs is 1. The summed E-state index contributed by atoms with van der Waals surface area (Å²) in [6, 6.07) is 11.6. The smallest absolute Gasteiger partial charge is 0.252 e. The topological polar surface area (TPSA) is 70.6 Å². The number of hydrogen-bond donors (Lipinski definition) is 0. The lowest BCUT2D eigenvalue weighted by atomic mass is 9.93. The van der Waals surface area contributed by atoms with Crippen molar-refractivity contribution < 1.29 is 13.2 Å². The molecule has 9 heteroatoms. The zero-order valence-corrected chi connectivity index (χ0v) is 19.6. The molecule has 0 bridgehead atoms. The largest absolute Gasteiger partial charge is 0.342 e. The number of nitrogens with zero attached hydrogens (tertiary/aromatic N) is 3. The second-order valence-electron chi connectivity index (χ2n) is 8.25. The molecule has 2 aromatic heterocycles. The van der Waals surface area contributed by atoms with Gasteiger partial charge >= 0.3 is 0 Å². The maximum atomic E-state index is 13.2. The van der Waals surface area contributed by atoms with Crippen LogP contribution in [-0.4, -0.2) is 54.7 Å². The van der Waals surface area contributed by atoms with Gasteiger partial charge < -0.3 is 4.90 Å². The number of hydrogen-bond acceptors (Lipinski definition) is 6. The van der Waals surface area contributed by atoms with Gasteiger partial charge in [0.2, 0.25) is 5.91 Å². The van der Waals surface area contributed by atoms with Crippen LogP contribution in [-0.2, 0) is 14.8 Å².